The van der Waals surface area contributed by atoms with E-state index < -0.39 is 0 Å². The van der Waals surface area contributed by atoms with Gasteiger partial charge in [-0.2, -0.15) is 0 Å². The Hall–Kier alpha value is -6.65. The summed E-state index contributed by atoms with van der Waals surface area (Å²) in [4.78, 5) is 4.94. The van der Waals surface area contributed by atoms with Crippen molar-refractivity contribution in [3.63, 3.8) is 0 Å². The number of ether oxygens (including phenoxy) is 2. The predicted molar refractivity (Wildman–Crippen MR) is 298 cm³/mol. The van der Waals surface area contributed by atoms with E-state index in [4.69, 9.17) is 9.47 Å². The van der Waals surface area contributed by atoms with E-state index in [1.807, 2.05) is 0 Å². The molecule has 0 radical (unpaired) electrons. The fourth-order valence-electron chi connectivity index (χ4n) is 11.0. The monoisotopic (exact) mass is 1040 g/mol. The Bertz CT molecular complexity index is 3300. The fraction of sp³-hybridized carbons (Fsp3) is 0.129. The van der Waals surface area contributed by atoms with E-state index >= 15 is 0 Å². The summed E-state index contributed by atoms with van der Waals surface area (Å²) in [5.41, 5.74) is 18.1. The topological polar surface area (TPSA) is 24.9 Å². The summed E-state index contributed by atoms with van der Waals surface area (Å²) in [5.74, 6) is 3.43. The molecule has 0 unspecified atom stereocenters. The maximum absolute atomic E-state index is 6.87. The van der Waals surface area contributed by atoms with Gasteiger partial charge in [0.1, 0.15) is 0 Å². The molecule has 13 rings (SSSR count). The van der Waals surface area contributed by atoms with Gasteiger partial charge in [0.25, 0.3) is 0 Å². The van der Waals surface area contributed by atoms with E-state index in [1.165, 1.54) is 84.5 Å². The number of fused-ring (bicyclic) bond motifs is 8. The second-order valence-electron chi connectivity index (χ2n) is 20.9. The van der Waals surface area contributed by atoms with Crippen molar-refractivity contribution >= 4 is 128 Å². The van der Waals surface area contributed by atoms with Crippen molar-refractivity contribution in [2.45, 2.75) is 52.4 Å². The average Bonchev–Trinajstić information content (AvgIpc) is 3.36. The Morgan fingerprint density at radius 1 is 0.343 bits per heavy atom. The molecule has 0 aromatic heterocycles. The SMILES string of the molecule is CC(C)(C)c1ccc(Oc2cc3c4c(c2)N(c2ccccc2)c2ccccc2B4c2cc4c(cc2[Se]3)[Se]c2cc(Oc3ccc(C(C)(C)C)cc3)cc3c2B4c2ccccc2N3c2ccccc2)cc1. The van der Waals surface area contributed by atoms with Crippen LogP contribution in [0.15, 0.2) is 194 Å². The van der Waals surface area contributed by atoms with Crippen LogP contribution in [0.2, 0.25) is 0 Å². The van der Waals surface area contributed by atoms with Crippen LogP contribution in [0, 0.1) is 0 Å². The van der Waals surface area contributed by atoms with Gasteiger partial charge in [-0.15, -0.1) is 0 Å². The molecule has 4 aliphatic rings. The number of rotatable bonds is 6. The zero-order chi connectivity index (χ0) is 47.5. The zero-order valence-electron chi connectivity index (χ0n) is 40.2. The molecule has 0 spiro atoms. The summed E-state index contributed by atoms with van der Waals surface area (Å²) in [6.45, 7) is 13.7. The Morgan fingerprint density at radius 3 is 1.13 bits per heavy atom. The molecule has 0 aliphatic carbocycles. The van der Waals surface area contributed by atoms with Crippen molar-refractivity contribution in [1.29, 1.82) is 0 Å². The molecule has 0 fully saturated rings. The van der Waals surface area contributed by atoms with Gasteiger partial charge in [-0.1, -0.05) is 0 Å². The zero-order valence-corrected chi connectivity index (χ0v) is 43.6. The third kappa shape index (κ3) is 7.27. The molecule has 4 nitrogen and oxygen atoms in total. The minimum atomic E-state index is 0.00925. The molecule has 0 bridgehead atoms. The summed E-state index contributed by atoms with van der Waals surface area (Å²) in [5, 5.41) is 0. The van der Waals surface area contributed by atoms with Crippen molar-refractivity contribution in [2.24, 2.45) is 0 Å². The molecule has 4 aliphatic heterocycles. The van der Waals surface area contributed by atoms with Crippen LogP contribution in [-0.2, 0) is 10.8 Å². The molecule has 8 heteroatoms. The summed E-state index contributed by atoms with van der Waals surface area (Å²) < 4.78 is 19.4. The molecule has 70 heavy (non-hydrogen) atoms. The number of benzene rings is 9. The number of hydrogen-bond donors (Lipinski definition) is 0. The summed E-state index contributed by atoms with van der Waals surface area (Å²) >= 11 is 0.0185. The molecular weight excluding hydrogens is 984 g/mol. The van der Waals surface area contributed by atoms with Crippen LogP contribution in [0.1, 0.15) is 52.7 Å². The Kier molecular flexibility index (Phi) is 10.2. The van der Waals surface area contributed by atoms with E-state index in [-0.39, 0.29) is 54.2 Å². The molecule has 0 amide bonds. The van der Waals surface area contributed by atoms with Crippen molar-refractivity contribution in [1.82, 2.24) is 0 Å². The minimum absolute atomic E-state index is 0.00925. The summed E-state index contributed by atoms with van der Waals surface area (Å²) in [6.07, 6.45) is 0. The second kappa shape index (κ2) is 16.5. The van der Waals surface area contributed by atoms with Crippen LogP contribution in [0.3, 0.4) is 0 Å². The molecule has 4 heterocycles. The first-order valence-corrected chi connectivity index (χ1v) is 27.7. The average molecular weight is 1030 g/mol. The number of anilines is 6. The fourth-order valence-corrected chi connectivity index (χ4v) is 16.5. The molecule has 0 atom stereocenters. The summed E-state index contributed by atoms with van der Waals surface area (Å²) in [6, 6.07) is 71.8. The van der Waals surface area contributed by atoms with E-state index in [9.17, 15) is 0 Å². The van der Waals surface area contributed by atoms with Gasteiger partial charge in [0, 0.05) is 0 Å². The Balaban J connectivity index is 0.985. The molecule has 0 N–H and O–H groups in total. The van der Waals surface area contributed by atoms with E-state index in [0.717, 1.165) is 34.4 Å². The standard InChI is InChI=1S/C62H50B2N2O2Se2/c1-61(2,3)39-25-29-43(30-26-39)67-45-33-53-59-57(35-45)69-55-38-56-50(37-49(55)63(59)47-21-13-15-23-51(47)65(53)41-17-9-7-10-18-41)64-48-22-14-16-24-52(48)66(42-19-11-8-12-20-42)54-34-46(36-58(70-56)60(54)64)68-44-31-27-40(28-32-44)62(4,5)6/h7-38H,1-6H3. The number of hydrogen-bond acceptors (Lipinski definition) is 4. The van der Waals surface area contributed by atoms with Gasteiger partial charge in [0.2, 0.25) is 0 Å². The Morgan fingerprint density at radius 2 is 0.729 bits per heavy atom. The first-order chi connectivity index (χ1) is 33.9. The van der Waals surface area contributed by atoms with Crippen LogP contribution < -0.4 is 69.9 Å². The first-order valence-electron chi connectivity index (χ1n) is 24.3. The van der Waals surface area contributed by atoms with E-state index in [1.54, 1.807) is 0 Å². The summed E-state index contributed by atoms with van der Waals surface area (Å²) in [7, 11) is 0. The van der Waals surface area contributed by atoms with Gasteiger partial charge in [-0.25, -0.2) is 0 Å². The maximum atomic E-state index is 6.87. The van der Waals surface area contributed by atoms with Gasteiger partial charge in [-0.05, 0) is 0 Å². The van der Waals surface area contributed by atoms with E-state index in [0.29, 0.717) is 0 Å². The van der Waals surface area contributed by atoms with Gasteiger partial charge in [0.05, 0.1) is 0 Å². The third-order valence-corrected chi connectivity index (χ3v) is 19.1. The molecule has 0 saturated heterocycles. The first kappa shape index (κ1) is 43.4. The second-order valence-corrected chi connectivity index (χ2v) is 25.5. The van der Waals surface area contributed by atoms with Gasteiger partial charge >= 0.3 is 428 Å². The van der Waals surface area contributed by atoms with E-state index in [2.05, 4.69) is 245 Å². The van der Waals surface area contributed by atoms with Crippen LogP contribution in [-0.4, -0.2) is 43.3 Å². The van der Waals surface area contributed by atoms with Crippen LogP contribution >= 0.6 is 0 Å². The number of nitrogens with zero attached hydrogens (tertiary/aromatic N) is 2. The van der Waals surface area contributed by atoms with Gasteiger partial charge in [0.15, 0.2) is 0 Å². The van der Waals surface area contributed by atoms with Crippen molar-refractivity contribution in [2.75, 3.05) is 9.80 Å². The third-order valence-electron chi connectivity index (χ3n) is 14.4. The quantitative estimate of drug-likeness (QED) is 0.157. The predicted octanol–water partition coefficient (Wildman–Crippen LogP) is 8.40. The van der Waals surface area contributed by atoms with Crippen molar-refractivity contribution in [3.05, 3.63) is 205 Å². The molecule has 9 aromatic carbocycles. The Labute approximate surface area is 425 Å². The van der Waals surface area contributed by atoms with Crippen LogP contribution in [0.4, 0.5) is 34.1 Å². The molecule has 0 saturated carbocycles. The molecular formula is C62H50B2N2O2Se2. The normalized spacial score (nSPS) is 13.9. The van der Waals surface area contributed by atoms with Gasteiger partial charge < -0.3 is 0 Å². The number of para-hydroxylation sites is 4. The van der Waals surface area contributed by atoms with Crippen LogP contribution in [0.25, 0.3) is 0 Å². The van der Waals surface area contributed by atoms with Crippen LogP contribution in [0.5, 0.6) is 23.0 Å². The van der Waals surface area contributed by atoms with Crippen molar-refractivity contribution in [3.8, 4) is 23.0 Å². The molecule has 338 valence electrons. The van der Waals surface area contributed by atoms with Crippen molar-refractivity contribution < 1.29 is 9.47 Å². The molecule has 9 aromatic rings. The van der Waals surface area contributed by atoms with Gasteiger partial charge in [-0.3, -0.25) is 0 Å².